The second kappa shape index (κ2) is 13.1. The number of ether oxygens (including phenoxy) is 1. The van der Waals surface area contributed by atoms with Crippen molar-refractivity contribution < 1.29 is 14.9 Å². The first-order chi connectivity index (χ1) is 13.1. The fourth-order valence-corrected chi connectivity index (χ4v) is 3.81. The molecule has 0 unspecified atom stereocenters. The van der Waals surface area contributed by atoms with Gasteiger partial charge in [-0.2, -0.15) is 0 Å². The topological polar surface area (TPSA) is 86.1 Å². The predicted octanol–water partition coefficient (Wildman–Crippen LogP) is 3.45. The van der Waals surface area contributed by atoms with Crippen molar-refractivity contribution in [1.29, 1.82) is 0 Å². The summed E-state index contributed by atoms with van der Waals surface area (Å²) in [4.78, 5) is 4.81. The Hall–Kier alpha value is -1.22. The van der Waals surface area contributed by atoms with Gasteiger partial charge in [0, 0.05) is 32.3 Å². The Labute approximate surface area is 186 Å². The largest absolute Gasteiger partial charge is 0.508 e. The van der Waals surface area contributed by atoms with Gasteiger partial charge in [0.05, 0.1) is 7.11 Å². The van der Waals surface area contributed by atoms with Gasteiger partial charge in [-0.3, -0.25) is 4.99 Å². The van der Waals surface area contributed by atoms with Crippen LogP contribution in [0.5, 0.6) is 11.5 Å². The number of hydrogen-bond donors (Lipinski definition) is 4. The summed E-state index contributed by atoms with van der Waals surface area (Å²) in [7, 11) is 1.59. The summed E-state index contributed by atoms with van der Waals surface area (Å²) < 4.78 is 5.12. The van der Waals surface area contributed by atoms with Crippen LogP contribution in [0.3, 0.4) is 0 Å². The number of guanidine groups is 1. The molecule has 2 rings (SSSR count). The van der Waals surface area contributed by atoms with Crippen LogP contribution in [0.25, 0.3) is 0 Å². The number of aliphatic imine (C=N–C) groups is 1. The van der Waals surface area contributed by atoms with Gasteiger partial charge in [-0.15, -0.1) is 24.0 Å². The summed E-state index contributed by atoms with van der Waals surface area (Å²) in [6, 6.07) is 5.38. The quantitative estimate of drug-likeness (QED) is 0.235. The summed E-state index contributed by atoms with van der Waals surface area (Å²) in [5.74, 6) is 1.70. The van der Waals surface area contributed by atoms with E-state index in [1.165, 1.54) is 19.3 Å². The van der Waals surface area contributed by atoms with E-state index in [-0.39, 0.29) is 41.7 Å². The molecule has 1 aliphatic carbocycles. The molecule has 1 aromatic carbocycles. The second-order valence-corrected chi connectivity index (χ2v) is 7.40. The minimum absolute atomic E-state index is 0. The van der Waals surface area contributed by atoms with Crippen LogP contribution < -0.4 is 15.4 Å². The van der Waals surface area contributed by atoms with Gasteiger partial charge >= 0.3 is 0 Å². The molecule has 0 heterocycles. The Kier molecular flexibility index (Phi) is 11.6. The fraction of sp³-hybridized carbons (Fsp3) is 0.667. The number of nitrogens with one attached hydrogen (secondary N) is 2. The maximum Gasteiger partial charge on any atom is 0.191 e. The first kappa shape index (κ1) is 24.8. The molecule has 0 bridgehead atoms. The molecule has 0 saturated heterocycles. The highest BCUT2D eigenvalue weighted by Gasteiger charge is 2.31. The molecule has 6 nitrogen and oxygen atoms in total. The van der Waals surface area contributed by atoms with Crippen LogP contribution >= 0.6 is 24.0 Å². The average Bonchev–Trinajstić information content (AvgIpc) is 2.68. The van der Waals surface area contributed by atoms with E-state index < -0.39 is 0 Å². The molecule has 28 heavy (non-hydrogen) atoms. The van der Waals surface area contributed by atoms with Crippen molar-refractivity contribution >= 4 is 29.9 Å². The second-order valence-electron chi connectivity index (χ2n) is 7.40. The molecule has 160 valence electrons. The number of halogens is 1. The number of benzene rings is 1. The van der Waals surface area contributed by atoms with Crippen molar-refractivity contribution in [3.63, 3.8) is 0 Å². The number of nitrogens with zero attached hydrogens (tertiary/aromatic N) is 1. The van der Waals surface area contributed by atoms with Gasteiger partial charge in [0.15, 0.2) is 5.96 Å². The van der Waals surface area contributed by atoms with E-state index in [1.807, 2.05) is 12.1 Å². The zero-order chi connectivity index (χ0) is 19.5. The Balaban J connectivity index is 0.00000392. The lowest BCUT2D eigenvalue weighted by molar-refractivity contribution is 0.137. The van der Waals surface area contributed by atoms with Crippen LogP contribution in [0.15, 0.2) is 23.2 Å². The zero-order valence-corrected chi connectivity index (χ0v) is 19.5. The molecule has 1 aromatic rings. The summed E-state index contributed by atoms with van der Waals surface area (Å²) >= 11 is 0. The molecule has 4 N–H and O–H groups in total. The highest BCUT2D eigenvalue weighted by Crippen LogP contribution is 2.39. The Morgan fingerprint density at radius 3 is 2.57 bits per heavy atom. The van der Waals surface area contributed by atoms with E-state index in [0.717, 1.165) is 43.9 Å². The van der Waals surface area contributed by atoms with Crippen molar-refractivity contribution in [3.05, 3.63) is 23.8 Å². The third kappa shape index (κ3) is 7.66. The van der Waals surface area contributed by atoms with Crippen LogP contribution in [0.2, 0.25) is 0 Å². The Bertz CT molecular complexity index is 599. The van der Waals surface area contributed by atoms with Crippen LogP contribution in [-0.2, 0) is 6.42 Å². The third-order valence-corrected chi connectivity index (χ3v) is 5.45. The first-order valence-corrected chi connectivity index (χ1v) is 10.1. The predicted molar refractivity (Wildman–Crippen MR) is 125 cm³/mol. The molecule has 0 spiro atoms. The molecule has 0 amide bonds. The van der Waals surface area contributed by atoms with Gasteiger partial charge in [0.2, 0.25) is 0 Å². The number of aliphatic hydroxyl groups is 1. The molecular weight excluding hydrogens is 469 g/mol. The molecule has 1 fully saturated rings. The monoisotopic (exact) mass is 505 g/mol. The summed E-state index contributed by atoms with van der Waals surface area (Å²) in [6.45, 7) is 4.51. The number of hydrogen-bond acceptors (Lipinski definition) is 4. The number of rotatable bonds is 9. The third-order valence-electron chi connectivity index (χ3n) is 5.45. The van der Waals surface area contributed by atoms with E-state index in [2.05, 4.69) is 17.6 Å². The number of aliphatic hydroxyl groups excluding tert-OH is 1. The van der Waals surface area contributed by atoms with Crippen LogP contribution in [0.4, 0.5) is 0 Å². The van der Waals surface area contributed by atoms with E-state index in [4.69, 9.17) is 9.73 Å². The molecule has 0 aromatic heterocycles. The van der Waals surface area contributed by atoms with Gasteiger partial charge in [-0.25, -0.2) is 0 Å². The fourth-order valence-electron chi connectivity index (χ4n) is 3.81. The zero-order valence-electron chi connectivity index (χ0n) is 17.2. The smallest absolute Gasteiger partial charge is 0.191 e. The van der Waals surface area contributed by atoms with Gasteiger partial charge in [-0.05, 0) is 49.7 Å². The van der Waals surface area contributed by atoms with Crippen molar-refractivity contribution in [2.24, 2.45) is 10.4 Å². The standard InChI is InChI=1S/C21H35N3O3.HI/c1-3-22-20(24-16-21(12-14-25)10-5-4-6-11-21)23-13-9-17-7-8-18(27-2)15-19(17)26;/h7-8,15,25-26H,3-6,9-14,16H2,1-2H3,(H2,22,23,24);1H. The van der Waals surface area contributed by atoms with Crippen molar-refractivity contribution in [1.82, 2.24) is 10.6 Å². The lowest BCUT2D eigenvalue weighted by Crippen LogP contribution is -2.40. The SMILES string of the molecule is CCNC(=NCC1(CCO)CCCCC1)NCCc1ccc(OC)cc1O.I. The van der Waals surface area contributed by atoms with Crippen molar-refractivity contribution in [3.8, 4) is 11.5 Å². The maximum absolute atomic E-state index is 10.1. The Morgan fingerprint density at radius 2 is 1.96 bits per heavy atom. The molecule has 1 saturated carbocycles. The molecule has 1 aliphatic rings. The number of methoxy groups -OCH3 is 1. The van der Waals surface area contributed by atoms with Crippen LogP contribution in [0, 0.1) is 5.41 Å². The maximum atomic E-state index is 10.1. The summed E-state index contributed by atoms with van der Waals surface area (Å²) in [6.07, 6.45) is 7.58. The lowest BCUT2D eigenvalue weighted by atomic mass is 9.72. The summed E-state index contributed by atoms with van der Waals surface area (Å²) in [5.41, 5.74) is 1.02. The molecule has 0 radical (unpaired) electrons. The highest BCUT2D eigenvalue weighted by molar-refractivity contribution is 14.0. The Morgan fingerprint density at radius 1 is 1.21 bits per heavy atom. The van der Waals surface area contributed by atoms with Gasteiger partial charge in [0.1, 0.15) is 11.5 Å². The van der Waals surface area contributed by atoms with Crippen LogP contribution in [-0.4, -0.2) is 49.5 Å². The van der Waals surface area contributed by atoms with Crippen molar-refractivity contribution in [2.75, 3.05) is 33.4 Å². The first-order valence-electron chi connectivity index (χ1n) is 10.1. The van der Waals surface area contributed by atoms with Gasteiger partial charge in [0.25, 0.3) is 0 Å². The van der Waals surface area contributed by atoms with Gasteiger partial charge in [-0.1, -0.05) is 25.3 Å². The molecule has 0 aliphatic heterocycles. The van der Waals surface area contributed by atoms with E-state index >= 15 is 0 Å². The number of phenols is 1. The van der Waals surface area contributed by atoms with Crippen molar-refractivity contribution in [2.45, 2.75) is 51.9 Å². The minimum atomic E-state index is 0. The van der Waals surface area contributed by atoms with Gasteiger partial charge < -0.3 is 25.6 Å². The minimum Gasteiger partial charge on any atom is -0.508 e. The van der Waals surface area contributed by atoms with E-state index in [1.54, 1.807) is 13.2 Å². The van der Waals surface area contributed by atoms with E-state index in [9.17, 15) is 10.2 Å². The molecule has 7 heteroatoms. The number of aromatic hydroxyl groups is 1. The lowest BCUT2D eigenvalue weighted by Gasteiger charge is -2.35. The molecular formula is C21H36IN3O3. The summed E-state index contributed by atoms with van der Waals surface area (Å²) in [5, 5.41) is 26.2. The van der Waals surface area contributed by atoms with E-state index in [0.29, 0.717) is 18.7 Å². The highest BCUT2D eigenvalue weighted by atomic mass is 127. The number of phenolic OH excluding ortho intramolecular Hbond substituents is 1. The normalized spacial score (nSPS) is 16.2. The molecule has 0 atom stereocenters. The van der Waals surface area contributed by atoms with Crippen LogP contribution in [0.1, 0.15) is 51.0 Å². The average molecular weight is 505 g/mol.